The number of piperidine rings is 1. The number of ether oxygens (including phenoxy) is 4. The Balaban J connectivity index is 0.677. The summed E-state index contributed by atoms with van der Waals surface area (Å²) in [4.78, 5) is 40.3. The maximum Gasteiger partial charge on any atom is 0.255 e. The lowest BCUT2D eigenvalue weighted by molar-refractivity contribution is -0.126. The van der Waals surface area contributed by atoms with Crippen LogP contribution in [0.15, 0.2) is 104 Å². The molecular formula is C45H40N6O6. The molecule has 3 aliphatic rings. The van der Waals surface area contributed by atoms with Crippen molar-refractivity contribution >= 4 is 33.6 Å². The predicted octanol–water partition coefficient (Wildman–Crippen LogP) is 6.37. The van der Waals surface area contributed by atoms with Crippen molar-refractivity contribution in [3.8, 4) is 40.3 Å². The number of carbonyl (C=O) groups excluding carboxylic acids is 2. The van der Waals surface area contributed by atoms with Gasteiger partial charge in [-0.25, -0.2) is 9.97 Å². The zero-order valence-electron chi connectivity index (χ0n) is 31.4. The van der Waals surface area contributed by atoms with Crippen molar-refractivity contribution in [3.63, 3.8) is 0 Å². The largest absolute Gasteiger partial charge is 0.491 e. The van der Waals surface area contributed by atoms with Gasteiger partial charge in [-0.05, 0) is 78.4 Å². The van der Waals surface area contributed by atoms with Crippen LogP contribution in [0.5, 0.6) is 17.4 Å². The average Bonchev–Trinajstić information content (AvgIpc) is 3.69. The van der Waals surface area contributed by atoms with Crippen molar-refractivity contribution in [1.82, 2.24) is 29.7 Å². The minimum absolute atomic E-state index is 0.0430. The quantitative estimate of drug-likeness (QED) is 0.118. The first-order chi connectivity index (χ1) is 27.9. The topological polar surface area (TPSA) is 130 Å². The molecule has 2 aromatic carbocycles. The van der Waals surface area contributed by atoms with Crippen LogP contribution in [0.1, 0.15) is 47.3 Å². The Hall–Kier alpha value is -6.71. The molecule has 286 valence electrons. The van der Waals surface area contributed by atoms with Crippen molar-refractivity contribution in [2.75, 3.05) is 19.8 Å². The van der Waals surface area contributed by atoms with Crippen LogP contribution in [-0.2, 0) is 23.1 Å². The van der Waals surface area contributed by atoms with Crippen LogP contribution < -0.4 is 19.5 Å². The molecule has 1 N–H and O–H groups in total. The van der Waals surface area contributed by atoms with Gasteiger partial charge in [-0.1, -0.05) is 24.6 Å². The molecule has 1 saturated heterocycles. The zero-order chi connectivity index (χ0) is 38.9. The van der Waals surface area contributed by atoms with E-state index in [1.807, 2.05) is 55.0 Å². The van der Waals surface area contributed by atoms with Crippen molar-refractivity contribution in [1.29, 1.82) is 0 Å². The summed E-state index contributed by atoms with van der Waals surface area (Å²) in [7, 11) is 2.08. The van der Waals surface area contributed by atoms with E-state index in [2.05, 4.69) is 68.5 Å². The summed E-state index contributed by atoms with van der Waals surface area (Å²) in [6.07, 6.45) is 10.1. The van der Waals surface area contributed by atoms with E-state index in [1.165, 1.54) is 5.39 Å². The second kappa shape index (κ2) is 15.4. The van der Waals surface area contributed by atoms with Crippen LogP contribution in [0.25, 0.3) is 32.9 Å². The van der Waals surface area contributed by atoms with Gasteiger partial charge < -0.3 is 33.7 Å². The smallest absolute Gasteiger partial charge is 0.255 e. The highest BCUT2D eigenvalue weighted by molar-refractivity contribution is 6.08. The van der Waals surface area contributed by atoms with Crippen molar-refractivity contribution < 1.29 is 28.5 Å². The van der Waals surface area contributed by atoms with E-state index >= 15 is 0 Å². The molecule has 0 spiro atoms. The van der Waals surface area contributed by atoms with Gasteiger partial charge in [0.1, 0.15) is 48.7 Å². The normalized spacial score (nSPS) is 18.8. The standard InChI is InChI=1S/C45H40N6O6/c1-28-5-13-41(44(52)49-28)51-27-31-20-33(10-12-37(31)45(51)53)55-19-18-54-17-3-4-32-8-9-34(25-47-32)56-35-22-36(23-35)57-43-14-7-30(24-48-43)29-6-11-38-39-26-46-16-15-40(39)50(2)42(38)21-29/h6-12,14-16,20-21,24-26,35-36,41H,1,5,13,17-19,22-23,27H2,2H3,(H,49,52). The molecule has 12 heteroatoms. The number of aromatic nitrogens is 4. The molecule has 9 rings (SSSR count). The fraction of sp³-hybridized carbons (Fsp3) is 0.267. The van der Waals surface area contributed by atoms with Crippen LogP contribution in [-0.4, -0.2) is 74.3 Å². The van der Waals surface area contributed by atoms with Gasteiger partial charge in [0, 0.05) is 84.2 Å². The number of aryl methyl sites for hydroxylation is 1. The second-order valence-electron chi connectivity index (χ2n) is 14.5. The van der Waals surface area contributed by atoms with E-state index in [1.54, 1.807) is 23.2 Å². The highest BCUT2D eigenvalue weighted by Gasteiger charge is 2.38. The highest BCUT2D eigenvalue weighted by Crippen LogP contribution is 2.34. The third-order valence-electron chi connectivity index (χ3n) is 10.8. The van der Waals surface area contributed by atoms with Gasteiger partial charge in [-0.15, -0.1) is 0 Å². The first-order valence-electron chi connectivity index (χ1n) is 19.1. The van der Waals surface area contributed by atoms with E-state index in [-0.39, 0.29) is 30.6 Å². The monoisotopic (exact) mass is 760 g/mol. The molecule has 4 aromatic heterocycles. The number of allylic oxidation sites excluding steroid dienone is 1. The van der Waals surface area contributed by atoms with Crippen LogP contribution in [0, 0.1) is 11.8 Å². The Morgan fingerprint density at radius 3 is 2.54 bits per heavy atom. The second-order valence-corrected chi connectivity index (χ2v) is 14.5. The van der Waals surface area contributed by atoms with Gasteiger partial charge in [-0.2, -0.15) is 0 Å². The van der Waals surface area contributed by atoms with Gasteiger partial charge in [0.2, 0.25) is 11.8 Å². The maximum absolute atomic E-state index is 12.9. The third-order valence-corrected chi connectivity index (χ3v) is 10.8. The number of fused-ring (bicyclic) bond motifs is 4. The molecule has 1 unspecified atom stereocenters. The van der Waals surface area contributed by atoms with E-state index < -0.39 is 6.04 Å². The van der Waals surface area contributed by atoms with Gasteiger partial charge in [0.05, 0.1) is 18.3 Å². The number of carbonyl (C=O) groups is 2. The number of amides is 2. The number of benzene rings is 2. The Bertz CT molecular complexity index is 2570. The molecule has 6 heterocycles. The predicted molar refractivity (Wildman–Crippen MR) is 214 cm³/mol. The number of rotatable bonds is 11. The summed E-state index contributed by atoms with van der Waals surface area (Å²) in [5.41, 5.74) is 7.20. The molecule has 1 saturated carbocycles. The first-order valence-corrected chi connectivity index (χ1v) is 19.1. The van der Waals surface area contributed by atoms with Crippen LogP contribution >= 0.6 is 0 Å². The minimum atomic E-state index is -0.490. The Morgan fingerprint density at radius 1 is 0.860 bits per heavy atom. The molecule has 6 aromatic rings. The molecule has 2 amide bonds. The fourth-order valence-corrected chi connectivity index (χ4v) is 7.64. The summed E-state index contributed by atoms with van der Waals surface area (Å²) < 4.78 is 25.9. The molecule has 1 aliphatic carbocycles. The number of hydrogen-bond donors (Lipinski definition) is 1. The molecular weight excluding hydrogens is 721 g/mol. The number of hydrogen-bond acceptors (Lipinski definition) is 9. The van der Waals surface area contributed by atoms with Gasteiger partial charge in [0.15, 0.2) is 0 Å². The Labute approximate surface area is 329 Å². The van der Waals surface area contributed by atoms with E-state index in [4.69, 9.17) is 18.9 Å². The number of nitrogens with zero attached hydrogens (tertiary/aromatic N) is 5. The number of pyridine rings is 3. The van der Waals surface area contributed by atoms with Gasteiger partial charge in [0.25, 0.3) is 5.91 Å². The third kappa shape index (κ3) is 7.49. The summed E-state index contributed by atoms with van der Waals surface area (Å²) in [6.45, 7) is 5.09. The van der Waals surface area contributed by atoms with Crippen molar-refractivity contribution in [2.24, 2.45) is 7.05 Å². The zero-order valence-corrected chi connectivity index (χ0v) is 31.4. The van der Waals surface area contributed by atoms with Crippen LogP contribution in [0.3, 0.4) is 0 Å². The van der Waals surface area contributed by atoms with Crippen LogP contribution in [0.4, 0.5) is 0 Å². The van der Waals surface area contributed by atoms with E-state index in [0.29, 0.717) is 66.9 Å². The molecule has 1 atom stereocenters. The molecule has 57 heavy (non-hydrogen) atoms. The van der Waals surface area contributed by atoms with Gasteiger partial charge in [-0.3, -0.25) is 14.6 Å². The summed E-state index contributed by atoms with van der Waals surface area (Å²) in [5, 5.41) is 5.09. The summed E-state index contributed by atoms with van der Waals surface area (Å²) >= 11 is 0. The molecule has 0 bridgehead atoms. The lowest BCUT2D eigenvalue weighted by Gasteiger charge is -2.34. The highest BCUT2D eigenvalue weighted by atomic mass is 16.5. The minimum Gasteiger partial charge on any atom is -0.491 e. The molecule has 2 fully saturated rings. The van der Waals surface area contributed by atoms with Crippen LogP contribution in [0.2, 0.25) is 0 Å². The average molecular weight is 761 g/mol. The van der Waals surface area contributed by atoms with E-state index in [9.17, 15) is 9.59 Å². The summed E-state index contributed by atoms with van der Waals surface area (Å²) in [6, 6.07) is 21.1. The lowest BCUT2D eigenvalue weighted by atomic mass is 9.92. The Kier molecular flexibility index (Phi) is 9.74. The maximum atomic E-state index is 12.9. The fourth-order valence-electron chi connectivity index (χ4n) is 7.64. The summed E-state index contributed by atoms with van der Waals surface area (Å²) in [5.74, 6) is 7.61. The van der Waals surface area contributed by atoms with Gasteiger partial charge >= 0.3 is 0 Å². The molecule has 0 radical (unpaired) electrons. The lowest BCUT2D eigenvalue weighted by Crippen LogP contribution is -2.49. The van der Waals surface area contributed by atoms with Crippen molar-refractivity contribution in [2.45, 2.75) is 50.5 Å². The van der Waals surface area contributed by atoms with E-state index in [0.717, 1.165) is 46.0 Å². The number of nitrogens with one attached hydrogen (secondary N) is 1. The first kappa shape index (κ1) is 36.0. The SMILES string of the molecule is C=C1CCC(N2Cc3cc(OCCOCC#Cc4ccc(OC5CC(Oc6ccc(-c7ccc8c9cnccc9n(C)c8c7)cn6)C5)cn4)ccc3C2=O)C(=O)N1. The van der Waals surface area contributed by atoms with Crippen molar-refractivity contribution in [3.05, 3.63) is 121 Å². The Morgan fingerprint density at radius 2 is 1.72 bits per heavy atom. The molecule has 2 aliphatic heterocycles. The molecule has 12 nitrogen and oxygen atoms in total.